The molecule has 1 saturated carbocycles. The molecule has 82 valence electrons. The molecule has 0 aromatic carbocycles. The van der Waals surface area contributed by atoms with E-state index in [1.165, 1.54) is 12.8 Å². The first-order valence-electron chi connectivity index (χ1n) is 4.99. The molecule has 1 aromatic heterocycles. The predicted molar refractivity (Wildman–Crippen MR) is 55.1 cm³/mol. The zero-order valence-corrected chi connectivity index (χ0v) is 8.97. The first-order valence-corrected chi connectivity index (χ1v) is 4.99. The van der Waals surface area contributed by atoms with E-state index in [2.05, 4.69) is 15.1 Å². The second-order valence-electron chi connectivity index (χ2n) is 3.75. The molecule has 0 aliphatic heterocycles. The molecule has 0 atom stereocenters. The number of aliphatic imine (C=N–C) groups is 1. The van der Waals surface area contributed by atoms with Gasteiger partial charge in [0.25, 0.3) is 0 Å². The summed E-state index contributed by atoms with van der Waals surface area (Å²) in [5.74, 6) is 1.66. The third-order valence-corrected chi connectivity index (χ3v) is 2.41. The van der Waals surface area contributed by atoms with E-state index >= 15 is 0 Å². The van der Waals surface area contributed by atoms with Crippen molar-refractivity contribution < 1.29 is 4.52 Å². The van der Waals surface area contributed by atoms with Crippen LogP contribution >= 0.6 is 0 Å². The molecule has 0 unspecified atom stereocenters. The Labute approximate surface area is 88.2 Å². The summed E-state index contributed by atoms with van der Waals surface area (Å²) in [5, 5.41) is 3.74. The van der Waals surface area contributed by atoms with E-state index in [0.29, 0.717) is 30.3 Å². The molecule has 1 fully saturated rings. The second-order valence-corrected chi connectivity index (χ2v) is 3.75. The molecule has 6 nitrogen and oxygen atoms in total. The van der Waals surface area contributed by atoms with E-state index < -0.39 is 0 Å². The molecule has 2 N–H and O–H groups in total. The van der Waals surface area contributed by atoms with Gasteiger partial charge in [-0.3, -0.25) is 0 Å². The maximum Gasteiger partial charge on any atom is 0.223 e. The lowest BCUT2D eigenvalue weighted by Gasteiger charge is -2.16. The number of aryl methyl sites for hydroxylation is 1. The predicted octanol–water partition coefficient (Wildman–Crippen LogP) is 0.287. The number of hydrogen-bond donors (Lipinski definition) is 1. The Morgan fingerprint density at radius 3 is 2.93 bits per heavy atom. The van der Waals surface area contributed by atoms with Crippen LogP contribution in [0.2, 0.25) is 0 Å². The van der Waals surface area contributed by atoms with Gasteiger partial charge >= 0.3 is 0 Å². The highest BCUT2D eigenvalue weighted by molar-refractivity contribution is 5.78. The highest BCUT2D eigenvalue weighted by Gasteiger charge is 2.27. The third kappa shape index (κ3) is 2.45. The van der Waals surface area contributed by atoms with E-state index in [1.807, 2.05) is 11.9 Å². The van der Waals surface area contributed by atoms with E-state index in [4.69, 9.17) is 10.3 Å². The van der Waals surface area contributed by atoms with Gasteiger partial charge in [-0.15, -0.1) is 0 Å². The van der Waals surface area contributed by atoms with Crippen LogP contribution in [0, 0.1) is 6.92 Å². The maximum absolute atomic E-state index is 5.80. The summed E-state index contributed by atoms with van der Waals surface area (Å²) >= 11 is 0. The van der Waals surface area contributed by atoms with Crippen molar-refractivity contribution in [1.82, 2.24) is 15.0 Å². The van der Waals surface area contributed by atoms with E-state index in [0.717, 1.165) is 0 Å². The van der Waals surface area contributed by atoms with Crippen LogP contribution in [0.5, 0.6) is 0 Å². The molecule has 0 bridgehead atoms. The van der Waals surface area contributed by atoms with Gasteiger partial charge in [-0.1, -0.05) is 5.16 Å². The molecule has 1 heterocycles. The summed E-state index contributed by atoms with van der Waals surface area (Å²) in [4.78, 5) is 10.2. The lowest BCUT2D eigenvalue weighted by Crippen LogP contribution is -2.35. The molecule has 2 rings (SSSR count). The molecule has 0 spiro atoms. The van der Waals surface area contributed by atoms with Crippen LogP contribution in [0.3, 0.4) is 0 Å². The summed E-state index contributed by atoms with van der Waals surface area (Å²) < 4.78 is 4.83. The molecule has 15 heavy (non-hydrogen) atoms. The average Bonchev–Trinajstić information content (AvgIpc) is 2.98. The average molecular weight is 209 g/mol. The largest absolute Gasteiger partial charge is 0.370 e. The van der Waals surface area contributed by atoms with Crippen molar-refractivity contribution in [2.24, 2.45) is 10.7 Å². The quantitative estimate of drug-likeness (QED) is 0.571. The zero-order valence-electron chi connectivity index (χ0n) is 8.97. The van der Waals surface area contributed by atoms with Crippen molar-refractivity contribution in [2.75, 3.05) is 7.05 Å². The van der Waals surface area contributed by atoms with E-state index in [9.17, 15) is 0 Å². The Morgan fingerprint density at radius 1 is 1.67 bits per heavy atom. The van der Waals surface area contributed by atoms with Gasteiger partial charge in [-0.05, 0) is 12.8 Å². The molecule has 1 aliphatic rings. The molecule has 6 heteroatoms. The fraction of sp³-hybridized carbons (Fsp3) is 0.667. The van der Waals surface area contributed by atoms with Crippen LogP contribution in [0.15, 0.2) is 9.52 Å². The Kier molecular flexibility index (Phi) is 2.57. The number of nitrogens with two attached hydrogens (primary N) is 1. The van der Waals surface area contributed by atoms with Gasteiger partial charge in [0, 0.05) is 20.0 Å². The monoisotopic (exact) mass is 209 g/mol. The Hall–Kier alpha value is -1.59. The standard InChI is InChI=1S/C9H15N5O/c1-6-12-8(13-15-6)5-11-9(10)14(2)7-3-4-7/h7H,3-5H2,1-2H3,(H2,10,11). The van der Waals surface area contributed by atoms with Crippen LogP contribution in [0.4, 0.5) is 0 Å². The van der Waals surface area contributed by atoms with Gasteiger partial charge < -0.3 is 15.2 Å². The minimum Gasteiger partial charge on any atom is -0.370 e. The van der Waals surface area contributed by atoms with Gasteiger partial charge in [0.2, 0.25) is 5.89 Å². The van der Waals surface area contributed by atoms with Crippen molar-refractivity contribution in [3.63, 3.8) is 0 Å². The lowest BCUT2D eigenvalue weighted by molar-refractivity contribution is 0.387. The maximum atomic E-state index is 5.80. The Bertz CT molecular complexity index is 368. The summed E-state index contributed by atoms with van der Waals surface area (Å²) in [6, 6.07) is 0.570. The Morgan fingerprint density at radius 2 is 2.40 bits per heavy atom. The highest BCUT2D eigenvalue weighted by atomic mass is 16.5. The number of nitrogens with zero attached hydrogens (tertiary/aromatic N) is 4. The van der Waals surface area contributed by atoms with Crippen LogP contribution in [0.1, 0.15) is 24.6 Å². The van der Waals surface area contributed by atoms with Crippen LogP contribution in [-0.2, 0) is 6.54 Å². The van der Waals surface area contributed by atoms with Crippen molar-refractivity contribution in [1.29, 1.82) is 0 Å². The number of hydrogen-bond acceptors (Lipinski definition) is 4. The molecule has 1 aliphatic carbocycles. The molecule has 0 radical (unpaired) electrons. The normalized spacial score (nSPS) is 16.8. The third-order valence-electron chi connectivity index (χ3n) is 2.41. The van der Waals surface area contributed by atoms with Gasteiger partial charge in [0.15, 0.2) is 11.8 Å². The topological polar surface area (TPSA) is 80.5 Å². The van der Waals surface area contributed by atoms with Gasteiger partial charge in [0.05, 0.1) is 0 Å². The van der Waals surface area contributed by atoms with Crippen LogP contribution < -0.4 is 5.73 Å². The first-order chi connectivity index (χ1) is 7.16. The second kappa shape index (κ2) is 3.88. The summed E-state index contributed by atoms with van der Waals surface area (Å²) in [7, 11) is 1.96. The number of rotatable bonds is 3. The van der Waals surface area contributed by atoms with E-state index in [1.54, 1.807) is 6.92 Å². The van der Waals surface area contributed by atoms with Crippen molar-refractivity contribution in [2.45, 2.75) is 32.4 Å². The SMILES string of the molecule is Cc1nc(CN=C(N)N(C)C2CC2)no1. The molecule has 0 amide bonds. The molecular formula is C9H15N5O. The fourth-order valence-electron chi connectivity index (χ4n) is 1.32. The van der Waals surface area contributed by atoms with Gasteiger partial charge in [-0.2, -0.15) is 4.98 Å². The van der Waals surface area contributed by atoms with Crippen molar-refractivity contribution in [3.05, 3.63) is 11.7 Å². The molecule has 0 saturated heterocycles. The fourth-order valence-corrected chi connectivity index (χ4v) is 1.32. The lowest BCUT2D eigenvalue weighted by atomic mass is 10.5. The summed E-state index contributed by atoms with van der Waals surface area (Å²) in [6.45, 7) is 2.13. The molecule has 1 aromatic rings. The van der Waals surface area contributed by atoms with Crippen molar-refractivity contribution in [3.8, 4) is 0 Å². The summed E-state index contributed by atoms with van der Waals surface area (Å²) in [6.07, 6.45) is 2.40. The van der Waals surface area contributed by atoms with E-state index in [-0.39, 0.29) is 0 Å². The molecular weight excluding hydrogens is 194 g/mol. The summed E-state index contributed by atoms with van der Waals surface area (Å²) in [5.41, 5.74) is 5.80. The van der Waals surface area contributed by atoms with Gasteiger partial charge in [-0.25, -0.2) is 4.99 Å². The Balaban J connectivity index is 1.92. The van der Waals surface area contributed by atoms with Crippen LogP contribution in [-0.4, -0.2) is 34.1 Å². The minimum atomic E-state index is 0.375. The number of aromatic nitrogens is 2. The van der Waals surface area contributed by atoms with Gasteiger partial charge in [0.1, 0.15) is 6.54 Å². The number of guanidine groups is 1. The smallest absolute Gasteiger partial charge is 0.223 e. The first kappa shape index (κ1) is 9.95. The van der Waals surface area contributed by atoms with Crippen molar-refractivity contribution >= 4 is 5.96 Å². The zero-order chi connectivity index (χ0) is 10.8. The minimum absolute atomic E-state index is 0.375. The van der Waals surface area contributed by atoms with Crippen LogP contribution in [0.25, 0.3) is 0 Å². The highest BCUT2D eigenvalue weighted by Crippen LogP contribution is 2.24.